The Balaban J connectivity index is 2.44. The zero-order valence-electron chi connectivity index (χ0n) is 10.2. The summed E-state index contributed by atoms with van der Waals surface area (Å²) in [7, 11) is 0. The van der Waals surface area contributed by atoms with E-state index >= 15 is 0 Å². The molecule has 0 saturated carbocycles. The molecule has 18 heavy (non-hydrogen) atoms. The molecule has 0 bridgehead atoms. The van der Waals surface area contributed by atoms with Crippen molar-refractivity contribution in [3.05, 3.63) is 23.9 Å². The van der Waals surface area contributed by atoms with Crippen LogP contribution in [0.25, 0.3) is 11.5 Å². The summed E-state index contributed by atoms with van der Waals surface area (Å²) in [5.41, 5.74) is 0.579. The van der Waals surface area contributed by atoms with E-state index in [1.165, 1.54) is 0 Å². The maximum Gasteiger partial charge on any atom is 0.230 e. The largest absolute Gasteiger partial charge is 0.341 e. The van der Waals surface area contributed by atoms with E-state index < -0.39 is 0 Å². The Morgan fingerprint density at radius 2 is 1.89 bits per heavy atom. The number of aromatic nitrogens is 5. The van der Waals surface area contributed by atoms with Gasteiger partial charge in [-0.3, -0.25) is 4.98 Å². The summed E-state index contributed by atoms with van der Waals surface area (Å²) in [6.07, 6.45) is 4.78. The van der Waals surface area contributed by atoms with Gasteiger partial charge in [0.1, 0.15) is 5.69 Å². The van der Waals surface area contributed by atoms with Crippen molar-refractivity contribution >= 4 is 17.5 Å². The Morgan fingerprint density at radius 1 is 1.11 bits per heavy atom. The number of anilines is 1. The Kier molecular flexibility index (Phi) is 3.99. The van der Waals surface area contributed by atoms with Crippen molar-refractivity contribution in [2.75, 3.05) is 18.0 Å². The molecule has 0 N–H and O–H groups in total. The summed E-state index contributed by atoms with van der Waals surface area (Å²) < 4.78 is 0. The summed E-state index contributed by atoms with van der Waals surface area (Å²) in [4.78, 5) is 22.7. The van der Waals surface area contributed by atoms with Crippen molar-refractivity contribution in [3.63, 3.8) is 0 Å². The Hall–Kier alpha value is -1.82. The average molecular weight is 265 g/mol. The maximum absolute atomic E-state index is 5.92. The quantitative estimate of drug-likeness (QED) is 0.839. The van der Waals surface area contributed by atoms with Gasteiger partial charge < -0.3 is 4.90 Å². The monoisotopic (exact) mass is 264 g/mol. The van der Waals surface area contributed by atoms with Crippen molar-refractivity contribution in [2.45, 2.75) is 13.8 Å². The van der Waals surface area contributed by atoms with Gasteiger partial charge >= 0.3 is 0 Å². The predicted molar refractivity (Wildman–Crippen MR) is 69.4 cm³/mol. The molecule has 0 fully saturated rings. The Morgan fingerprint density at radius 3 is 2.50 bits per heavy atom. The van der Waals surface area contributed by atoms with Crippen molar-refractivity contribution in [1.29, 1.82) is 0 Å². The molecule has 0 unspecified atom stereocenters. The zero-order chi connectivity index (χ0) is 13.0. The third kappa shape index (κ3) is 2.70. The lowest BCUT2D eigenvalue weighted by atomic mass is 10.4. The number of hydrogen-bond acceptors (Lipinski definition) is 6. The molecule has 0 aliphatic rings. The third-order valence-electron chi connectivity index (χ3n) is 2.43. The van der Waals surface area contributed by atoms with Gasteiger partial charge in [-0.15, -0.1) is 0 Å². The smallest absolute Gasteiger partial charge is 0.230 e. The first kappa shape index (κ1) is 12.6. The molecular weight excluding hydrogens is 252 g/mol. The van der Waals surface area contributed by atoms with Gasteiger partial charge in [-0.2, -0.15) is 15.0 Å². The molecule has 2 heterocycles. The molecule has 94 valence electrons. The molecule has 0 radical (unpaired) electrons. The number of rotatable bonds is 4. The maximum atomic E-state index is 5.92. The third-order valence-corrected chi connectivity index (χ3v) is 2.60. The molecule has 0 aliphatic carbocycles. The molecule has 0 spiro atoms. The van der Waals surface area contributed by atoms with Crippen LogP contribution in [0, 0.1) is 0 Å². The van der Waals surface area contributed by atoms with Crippen LogP contribution < -0.4 is 4.90 Å². The van der Waals surface area contributed by atoms with Crippen LogP contribution in [0.15, 0.2) is 18.6 Å². The number of nitrogens with zero attached hydrogens (tertiary/aromatic N) is 6. The standard InChI is InChI=1S/C11H13ClN6/c1-3-18(4-2)11-16-9(15-10(12)17-11)8-7-13-5-6-14-8/h5-7H,3-4H2,1-2H3. The van der Waals surface area contributed by atoms with E-state index in [4.69, 9.17) is 11.6 Å². The van der Waals surface area contributed by atoms with E-state index in [1.807, 2.05) is 18.7 Å². The first-order valence-electron chi connectivity index (χ1n) is 5.67. The molecule has 6 nitrogen and oxygen atoms in total. The summed E-state index contributed by atoms with van der Waals surface area (Å²) >= 11 is 5.92. The molecule has 0 aliphatic heterocycles. The fraction of sp³-hybridized carbons (Fsp3) is 0.364. The molecule has 7 heteroatoms. The van der Waals surface area contributed by atoms with Crippen LogP contribution in [0.4, 0.5) is 5.95 Å². The highest BCUT2D eigenvalue weighted by Gasteiger charge is 2.12. The van der Waals surface area contributed by atoms with Crippen LogP contribution in [0.3, 0.4) is 0 Å². The summed E-state index contributed by atoms with van der Waals surface area (Å²) in [5.74, 6) is 0.991. The van der Waals surface area contributed by atoms with Crippen molar-refractivity contribution < 1.29 is 0 Å². The summed E-state index contributed by atoms with van der Waals surface area (Å²) in [6, 6.07) is 0. The van der Waals surface area contributed by atoms with Gasteiger partial charge in [0.15, 0.2) is 5.82 Å². The second kappa shape index (κ2) is 5.68. The molecule has 0 saturated heterocycles. The highest BCUT2D eigenvalue weighted by molar-refractivity contribution is 6.28. The second-order valence-corrected chi connectivity index (χ2v) is 3.83. The number of halogens is 1. The Bertz CT molecular complexity index is 514. The number of hydrogen-bond donors (Lipinski definition) is 0. The topological polar surface area (TPSA) is 67.7 Å². The van der Waals surface area contributed by atoms with Gasteiger partial charge in [0, 0.05) is 25.5 Å². The van der Waals surface area contributed by atoms with Crippen LogP contribution in [0.5, 0.6) is 0 Å². The second-order valence-electron chi connectivity index (χ2n) is 3.49. The molecule has 2 aromatic rings. The minimum absolute atomic E-state index is 0.160. The van der Waals surface area contributed by atoms with Crippen molar-refractivity contribution in [3.8, 4) is 11.5 Å². The summed E-state index contributed by atoms with van der Waals surface area (Å²) in [6.45, 7) is 5.67. The van der Waals surface area contributed by atoms with Crippen LogP contribution >= 0.6 is 11.6 Å². The molecule has 0 amide bonds. The van der Waals surface area contributed by atoms with Gasteiger partial charge in [-0.05, 0) is 25.4 Å². The van der Waals surface area contributed by atoms with Gasteiger partial charge in [-0.25, -0.2) is 4.98 Å². The van der Waals surface area contributed by atoms with E-state index in [1.54, 1.807) is 18.6 Å². The molecule has 2 rings (SSSR count). The zero-order valence-corrected chi connectivity index (χ0v) is 11.0. The van der Waals surface area contributed by atoms with E-state index in [-0.39, 0.29) is 5.28 Å². The van der Waals surface area contributed by atoms with E-state index in [2.05, 4.69) is 24.9 Å². The van der Waals surface area contributed by atoms with Gasteiger partial charge in [0.2, 0.25) is 11.2 Å². The fourth-order valence-electron chi connectivity index (χ4n) is 1.52. The van der Waals surface area contributed by atoms with E-state index in [9.17, 15) is 0 Å². The normalized spacial score (nSPS) is 10.4. The molecule has 0 aromatic carbocycles. The van der Waals surface area contributed by atoms with Crippen molar-refractivity contribution in [1.82, 2.24) is 24.9 Å². The minimum atomic E-state index is 0.160. The lowest BCUT2D eigenvalue weighted by Crippen LogP contribution is -2.24. The van der Waals surface area contributed by atoms with Gasteiger partial charge in [0.25, 0.3) is 0 Å². The Labute approximate surface area is 110 Å². The lowest BCUT2D eigenvalue weighted by Gasteiger charge is -2.18. The first-order chi connectivity index (χ1) is 8.74. The highest BCUT2D eigenvalue weighted by Crippen LogP contribution is 2.16. The molecular formula is C11H13ClN6. The highest BCUT2D eigenvalue weighted by atomic mass is 35.5. The van der Waals surface area contributed by atoms with Crippen molar-refractivity contribution in [2.24, 2.45) is 0 Å². The van der Waals surface area contributed by atoms with E-state index in [0.717, 1.165) is 13.1 Å². The predicted octanol–water partition coefficient (Wildman–Crippen LogP) is 1.83. The molecule has 2 aromatic heterocycles. The van der Waals surface area contributed by atoms with Crippen LogP contribution in [-0.2, 0) is 0 Å². The van der Waals surface area contributed by atoms with Crippen LogP contribution in [-0.4, -0.2) is 38.0 Å². The average Bonchev–Trinajstić information content (AvgIpc) is 2.40. The lowest BCUT2D eigenvalue weighted by molar-refractivity contribution is 0.812. The summed E-state index contributed by atoms with van der Waals surface area (Å²) in [5, 5.41) is 0.160. The minimum Gasteiger partial charge on any atom is -0.341 e. The molecule has 0 atom stereocenters. The van der Waals surface area contributed by atoms with Crippen LogP contribution in [0.2, 0.25) is 5.28 Å². The fourth-order valence-corrected chi connectivity index (χ4v) is 1.67. The van der Waals surface area contributed by atoms with E-state index in [0.29, 0.717) is 17.5 Å². The SMILES string of the molecule is CCN(CC)c1nc(Cl)nc(-c2cnccn2)n1. The first-order valence-corrected chi connectivity index (χ1v) is 6.05. The van der Waals surface area contributed by atoms with Crippen LogP contribution in [0.1, 0.15) is 13.8 Å². The van der Waals surface area contributed by atoms with Gasteiger partial charge in [0.05, 0.1) is 6.20 Å². The van der Waals surface area contributed by atoms with Gasteiger partial charge in [-0.1, -0.05) is 0 Å².